The Kier molecular flexibility index (Phi) is 3.31. The van der Waals surface area contributed by atoms with Gasteiger partial charge < -0.3 is 11.1 Å². The largest absolute Gasteiger partial charge is 0.399 e. The number of nitrogen functional groups attached to an aromatic ring is 1. The number of benzene rings is 1. The van der Waals surface area contributed by atoms with Crippen LogP contribution in [0.3, 0.4) is 0 Å². The number of hydrogen-bond donors (Lipinski definition) is 2. The molecule has 1 amide bonds. The van der Waals surface area contributed by atoms with Crippen molar-refractivity contribution in [3.63, 3.8) is 0 Å². The third-order valence-electron chi connectivity index (χ3n) is 3.45. The molecular weight excluding hydrogens is 219 g/mol. The number of amides is 1. The van der Waals surface area contributed by atoms with Gasteiger partial charge in [-0.3, -0.25) is 4.79 Å². The van der Waals surface area contributed by atoms with Crippen molar-refractivity contribution in [2.75, 3.05) is 11.1 Å². The quantitative estimate of drug-likeness (QED) is 0.776. The van der Waals surface area contributed by atoms with Crippen LogP contribution in [0.4, 0.5) is 15.8 Å². The summed E-state index contributed by atoms with van der Waals surface area (Å²) in [5.74, 6) is -0.173. The van der Waals surface area contributed by atoms with E-state index < -0.39 is 5.82 Å². The number of hydrogen-bond acceptors (Lipinski definition) is 2. The van der Waals surface area contributed by atoms with Crippen LogP contribution in [0, 0.1) is 17.7 Å². The van der Waals surface area contributed by atoms with Gasteiger partial charge in [0.15, 0.2) is 0 Å². The summed E-state index contributed by atoms with van der Waals surface area (Å²) >= 11 is 0. The second-order valence-electron chi connectivity index (χ2n) is 4.74. The van der Waals surface area contributed by atoms with Crippen molar-refractivity contribution >= 4 is 17.3 Å². The van der Waals surface area contributed by atoms with Crippen molar-refractivity contribution in [2.24, 2.45) is 11.8 Å². The van der Waals surface area contributed by atoms with Gasteiger partial charge in [0, 0.05) is 11.6 Å². The molecule has 4 heteroatoms. The van der Waals surface area contributed by atoms with Gasteiger partial charge in [-0.25, -0.2) is 4.39 Å². The SMILES string of the molecule is CC1CCCC1C(=O)Nc1cc(N)ccc1F. The van der Waals surface area contributed by atoms with Crippen molar-refractivity contribution < 1.29 is 9.18 Å². The summed E-state index contributed by atoms with van der Waals surface area (Å²) in [7, 11) is 0. The van der Waals surface area contributed by atoms with E-state index in [0.717, 1.165) is 19.3 Å². The van der Waals surface area contributed by atoms with Gasteiger partial charge in [-0.05, 0) is 37.0 Å². The Morgan fingerprint density at radius 1 is 1.47 bits per heavy atom. The molecule has 0 saturated heterocycles. The van der Waals surface area contributed by atoms with Crippen LogP contribution in [-0.4, -0.2) is 5.91 Å². The van der Waals surface area contributed by atoms with Crippen molar-refractivity contribution in [1.82, 2.24) is 0 Å². The molecule has 0 bridgehead atoms. The molecular formula is C13H17FN2O. The molecule has 92 valence electrons. The molecule has 1 aromatic rings. The molecule has 1 aliphatic carbocycles. The highest BCUT2D eigenvalue weighted by Crippen LogP contribution is 2.32. The molecule has 2 atom stereocenters. The molecule has 3 nitrogen and oxygen atoms in total. The monoisotopic (exact) mass is 236 g/mol. The summed E-state index contributed by atoms with van der Waals surface area (Å²) in [5, 5.41) is 2.63. The lowest BCUT2D eigenvalue weighted by atomic mass is 9.97. The van der Waals surface area contributed by atoms with E-state index in [1.165, 1.54) is 18.2 Å². The predicted octanol–water partition coefficient (Wildman–Crippen LogP) is 2.78. The molecule has 0 aliphatic heterocycles. The maximum absolute atomic E-state index is 13.4. The molecule has 0 spiro atoms. The Balaban J connectivity index is 2.10. The standard InChI is InChI=1S/C13H17FN2O/c1-8-3-2-4-10(8)13(17)16-12-7-9(15)5-6-11(12)14/h5-8,10H,2-4,15H2,1H3,(H,16,17). The molecule has 0 aromatic heterocycles. The van der Waals surface area contributed by atoms with E-state index in [1.807, 2.05) is 0 Å². The third kappa shape index (κ3) is 2.57. The van der Waals surface area contributed by atoms with E-state index in [-0.39, 0.29) is 17.5 Å². The van der Waals surface area contributed by atoms with Gasteiger partial charge >= 0.3 is 0 Å². The minimum Gasteiger partial charge on any atom is -0.399 e. The second kappa shape index (κ2) is 4.73. The number of nitrogens with two attached hydrogens (primary N) is 1. The Labute approximate surface area is 100 Å². The lowest BCUT2D eigenvalue weighted by molar-refractivity contribution is -0.120. The maximum Gasteiger partial charge on any atom is 0.227 e. The fourth-order valence-corrected chi connectivity index (χ4v) is 2.40. The first-order chi connectivity index (χ1) is 8.08. The number of carbonyl (C=O) groups excluding carboxylic acids is 1. The van der Waals surface area contributed by atoms with Crippen LogP contribution in [0.15, 0.2) is 18.2 Å². The van der Waals surface area contributed by atoms with E-state index in [0.29, 0.717) is 11.6 Å². The van der Waals surface area contributed by atoms with E-state index in [1.54, 1.807) is 0 Å². The summed E-state index contributed by atoms with van der Waals surface area (Å²) in [6.07, 6.45) is 3.02. The zero-order valence-corrected chi connectivity index (χ0v) is 9.87. The average molecular weight is 236 g/mol. The Morgan fingerprint density at radius 2 is 2.24 bits per heavy atom. The first-order valence-corrected chi connectivity index (χ1v) is 5.94. The van der Waals surface area contributed by atoms with E-state index in [9.17, 15) is 9.18 Å². The number of halogens is 1. The minimum absolute atomic E-state index is 0.00386. The normalized spacial score (nSPS) is 23.6. The second-order valence-corrected chi connectivity index (χ2v) is 4.74. The molecule has 1 aromatic carbocycles. The van der Waals surface area contributed by atoms with Crippen LogP contribution in [0.5, 0.6) is 0 Å². The zero-order chi connectivity index (χ0) is 12.4. The van der Waals surface area contributed by atoms with Crippen LogP contribution < -0.4 is 11.1 Å². The summed E-state index contributed by atoms with van der Waals surface area (Å²) in [6.45, 7) is 2.06. The third-order valence-corrected chi connectivity index (χ3v) is 3.45. The Bertz CT molecular complexity index is 433. The molecule has 1 saturated carbocycles. The molecule has 3 N–H and O–H groups in total. The highest BCUT2D eigenvalue weighted by molar-refractivity contribution is 5.93. The maximum atomic E-state index is 13.4. The lowest BCUT2D eigenvalue weighted by Gasteiger charge is -2.15. The van der Waals surface area contributed by atoms with Crippen LogP contribution in [0.25, 0.3) is 0 Å². The molecule has 1 aliphatic rings. The molecule has 2 unspecified atom stereocenters. The predicted molar refractivity (Wildman–Crippen MR) is 65.9 cm³/mol. The highest BCUT2D eigenvalue weighted by Gasteiger charge is 2.29. The summed E-state index contributed by atoms with van der Waals surface area (Å²) in [6, 6.07) is 4.19. The molecule has 0 radical (unpaired) electrons. The number of carbonyl (C=O) groups is 1. The first-order valence-electron chi connectivity index (χ1n) is 5.94. The highest BCUT2D eigenvalue weighted by atomic mass is 19.1. The van der Waals surface area contributed by atoms with Crippen molar-refractivity contribution in [3.05, 3.63) is 24.0 Å². The minimum atomic E-state index is -0.446. The number of rotatable bonds is 2. The van der Waals surface area contributed by atoms with Gasteiger partial charge in [0.2, 0.25) is 5.91 Å². The average Bonchev–Trinajstić information content (AvgIpc) is 2.70. The van der Waals surface area contributed by atoms with Crippen molar-refractivity contribution in [3.8, 4) is 0 Å². The molecule has 17 heavy (non-hydrogen) atoms. The van der Waals surface area contributed by atoms with Gasteiger partial charge in [0.1, 0.15) is 5.82 Å². The van der Waals surface area contributed by atoms with Gasteiger partial charge in [-0.2, -0.15) is 0 Å². The van der Waals surface area contributed by atoms with Crippen molar-refractivity contribution in [1.29, 1.82) is 0 Å². The topological polar surface area (TPSA) is 55.1 Å². The summed E-state index contributed by atoms with van der Waals surface area (Å²) in [5.41, 5.74) is 6.19. The van der Waals surface area contributed by atoms with Crippen molar-refractivity contribution in [2.45, 2.75) is 26.2 Å². The van der Waals surface area contributed by atoms with Gasteiger partial charge in [-0.15, -0.1) is 0 Å². The van der Waals surface area contributed by atoms with Crippen LogP contribution in [0.2, 0.25) is 0 Å². The van der Waals surface area contributed by atoms with E-state index >= 15 is 0 Å². The lowest BCUT2D eigenvalue weighted by Crippen LogP contribution is -2.25. The summed E-state index contributed by atoms with van der Waals surface area (Å²) < 4.78 is 13.4. The fourth-order valence-electron chi connectivity index (χ4n) is 2.40. The van der Waals surface area contributed by atoms with Gasteiger partial charge in [-0.1, -0.05) is 13.3 Å². The molecule has 0 heterocycles. The zero-order valence-electron chi connectivity index (χ0n) is 9.87. The smallest absolute Gasteiger partial charge is 0.227 e. The first kappa shape index (κ1) is 11.9. The van der Waals surface area contributed by atoms with Gasteiger partial charge in [0.05, 0.1) is 5.69 Å². The van der Waals surface area contributed by atoms with E-state index in [4.69, 9.17) is 5.73 Å². The Morgan fingerprint density at radius 3 is 2.88 bits per heavy atom. The Hall–Kier alpha value is -1.58. The summed E-state index contributed by atoms with van der Waals surface area (Å²) in [4.78, 5) is 12.0. The van der Waals surface area contributed by atoms with E-state index in [2.05, 4.69) is 12.2 Å². The number of anilines is 2. The van der Waals surface area contributed by atoms with Gasteiger partial charge in [0.25, 0.3) is 0 Å². The molecule has 1 fully saturated rings. The fraction of sp³-hybridized carbons (Fsp3) is 0.462. The van der Waals surface area contributed by atoms with Crippen LogP contribution in [-0.2, 0) is 4.79 Å². The molecule has 2 rings (SSSR count). The van der Waals surface area contributed by atoms with Crippen LogP contribution >= 0.6 is 0 Å². The van der Waals surface area contributed by atoms with Crippen LogP contribution in [0.1, 0.15) is 26.2 Å². The number of nitrogens with one attached hydrogen (secondary N) is 1.